The summed E-state index contributed by atoms with van der Waals surface area (Å²) < 4.78 is 3.68. The fourth-order valence-electron chi connectivity index (χ4n) is 3.52. The molecule has 2 heterocycles. The number of benzene rings is 1. The van der Waals surface area contributed by atoms with Gasteiger partial charge in [0, 0.05) is 31.5 Å². The number of hydrogen-bond acceptors (Lipinski definition) is 5. The van der Waals surface area contributed by atoms with Crippen molar-refractivity contribution in [3.8, 4) is 5.69 Å². The number of nitrogens with zero attached hydrogens (tertiary/aromatic N) is 5. The van der Waals surface area contributed by atoms with E-state index in [-0.39, 0.29) is 12.1 Å². The molecule has 0 radical (unpaired) electrons. The van der Waals surface area contributed by atoms with Crippen molar-refractivity contribution in [2.75, 3.05) is 0 Å². The Morgan fingerprint density at radius 1 is 1.12 bits per heavy atom. The first-order valence-electron chi connectivity index (χ1n) is 8.62. The van der Waals surface area contributed by atoms with Gasteiger partial charge in [0.1, 0.15) is 0 Å². The average Bonchev–Trinajstić information content (AvgIpc) is 3.37. The summed E-state index contributed by atoms with van der Waals surface area (Å²) in [5.41, 5.74) is 2.17. The van der Waals surface area contributed by atoms with E-state index in [2.05, 4.69) is 32.9 Å². The highest BCUT2D eigenvalue weighted by Crippen LogP contribution is 2.27. The number of aromatic nitrogens is 5. The van der Waals surface area contributed by atoms with Crippen LogP contribution in [0, 0.1) is 5.92 Å². The average molecular weight is 338 g/mol. The van der Waals surface area contributed by atoms with Crippen LogP contribution in [-0.4, -0.2) is 42.0 Å². The van der Waals surface area contributed by atoms with Crippen molar-refractivity contribution in [3.05, 3.63) is 60.7 Å². The second-order valence-corrected chi connectivity index (χ2v) is 6.63. The minimum absolute atomic E-state index is 0.135. The Kier molecular flexibility index (Phi) is 4.58. The molecule has 1 aliphatic rings. The number of aliphatic hydroxyl groups is 1. The Bertz CT molecular complexity index is 769. The fraction of sp³-hybridized carbons (Fsp3) is 0.389. The van der Waals surface area contributed by atoms with Crippen molar-refractivity contribution in [1.82, 2.24) is 30.1 Å². The maximum absolute atomic E-state index is 10.3. The summed E-state index contributed by atoms with van der Waals surface area (Å²) in [7, 11) is 0. The highest BCUT2D eigenvalue weighted by Gasteiger charge is 2.32. The van der Waals surface area contributed by atoms with E-state index in [1.807, 2.05) is 35.3 Å². The number of aliphatic hydroxyl groups excluding tert-OH is 1. The van der Waals surface area contributed by atoms with E-state index in [0.717, 1.165) is 31.6 Å². The molecule has 1 aromatic carbocycles. The molecule has 7 nitrogen and oxygen atoms in total. The highest BCUT2D eigenvalue weighted by atomic mass is 16.3. The fourth-order valence-corrected chi connectivity index (χ4v) is 3.52. The van der Waals surface area contributed by atoms with Gasteiger partial charge in [-0.05, 0) is 42.5 Å². The summed E-state index contributed by atoms with van der Waals surface area (Å²) >= 11 is 0. The van der Waals surface area contributed by atoms with Gasteiger partial charge >= 0.3 is 0 Å². The molecule has 3 atom stereocenters. The van der Waals surface area contributed by atoms with Crippen LogP contribution in [0.25, 0.3) is 5.69 Å². The Balaban J connectivity index is 1.30. The van der Waals surface area contributed by atoms with E-state index in [4.69, 9.17) is 0 Å². The van der Waals surface area contributed by atoms with Gasteiger partial charge in [-0.25, -0.2) is 4.68 Å². The van der Waals surface area contributed by atoms with Crippen LogP contribution < -0.4 is 5.32 Å². The topological polar surface area (TPSA) is 80.8 Å². The third kappa shape index (κ3) is 3.78. The predicted molar refractivity (Wildman–Crippen MR) is 92.9 cm³/mol. The minimum atomic E-state index is -0.296. The van der Waals surface area contributed by atoms with E-state index in [1.54, 1.807) is 17.1 Å². The lowest BCUT2D eigenvalue weighted by Crippen LogP contribution is -2.35. The van der Waals surface area contributed by atoms with E-state index < -0.39 is 0 Å². The molecule has 1 aliphatic carbocycles. The smallest absolute Gasteiger partial charge is 0.0697 e. The maximum atomic E-state index is 10.3. The summed E-state index contributed by atoms with van der Waals surface area (Å²) in [6.45, 7) is 1.61. The zero-order chi connectivity index (χ0) is 17.1. The van der Waals surface area contributed by atoms with Crippen molar-refractivity contribution < 1.29 is 5.11 Å². The molecule has 0 bridgehead atoms. The van der Waals surface area contributed by atoms with Gasteiger partial charge in [-0.15, -0.1) is 5.10 Å². The monoisotopic (exact) mass is 338 g/mol. The molecule has 0 spiro atoms. The Morgan fingerprint density at radius 2 is 2.00 bits per heavy atom. The zero-order valence-electron chi connectivity index (χ0n) is 13.9. The molecule has 2 aromatic heterocycles. The van der Waals surface area contributed by atoms with Gasteiger partial charge in [0.15, 0.2) is 0 Å². The molecule has 130 valence electrons. The summed E-state index contributed by atoms with van der Waals surface area (Å²) in [5, 5.41) is 25.9. The number of nitrogens with one attached hydrogen (secondary N) is 1. The molecule has 1 saturated carbocycles. The minimum Gasteiger partial charge on any atom is -0.391 e. The molecule has 1 fully saturated rings. The predicted octanol–water partition coefficient (Wildman–Crippen LogP) is 1.39. The van der Waals surface area contributed by atoms with Gasteiger partial charge in [-0.1, -0.05) is 17.3 Å². The van der Waals surface area contributed by atoms with Crippen LogP contribution in [0.3, 0.4) is 0 Å². The first kappa shape index (κ1) is 16.0. The molecule has 2 N–H and O–H groups in total. The lowest BCUT2D eigenvalue weighted by atomic mass is 10.1. The molecule has 0 amide bonds. The first-order valence-corrected chi connectivity index (χ1v) is 8.62. The SMILES string of the molecule is O[C@@H]1CC(Cn2cccn2)C[C@H]1NCc1ccc(-n2ccnn2)cc1. The van der Waals surface area contributed by atoms with E-state index >= 15 is 0 Å². The van der Waals surface area contributed by atoms with Crippen molar-refractivity contribution >= 4 is 0 Å². The third-order valence-corrected chi connectivity index (χ3v) is 4.82. The van der Waals surface area contributed by atoms with E-state index in [0.29, 0.717) is 5.92 Å². The standard InChI is InChI=1S/C18H22N6O/c25-18-11-15(13-23-8-1-6-21-23)10-17(18)19-12-14-2-4-16(5-3-14)24-9-7-20-22-24/h1-9,15,17-19,25H,10-13H2/t15?,17-,18-/m1/s1. The van der Waals surface area contributed by atoms with Crippen molar-refractivity contribution in [3.63, 3.8) is 0 Å². The quantitative estimate of drug-likeness (QED) is 0.710. The van der Waals surface area contributed by atoms with Crippen LogP contribution in [-0.2, 0) is 13.1 Å². The van der Waals surface area contributed by atoms with Gasteiger partial charge in [-0.2, -0.15) is 5.10 Å². The molecule has 25 heavy (non-hydrogen) atoms. The molecular weight excluding hydrogens is 316 g/mol. The normalized spacial score (nSPS) is 23.2. The summed E-state index contributed by atoms with van der Waals surface area (Å²) in [6, 6.07) is 10.3. The van der Waals surface area contributed by atoms with Gasteiger partial charge in [0.05, 0.1) is 24.2 Å². The lowest BCUT2D eigenvalue weighted by molar-refractivity contribution is 0.145. The summed E-state index contributed by atoms with van der Waals surface area (Å²) in [4.78, 5) is 0. The molecule has 0 aliphatic heterocycles. The Morgan fingerprint density at radius 3 is 2.72 bits per heavy atom. The lowest BCUT2D eigenvalue weighted by Gasteiger charge is -2.16. The molecule has 3 aromatic rings. The number of rotatable bonds is 6. The van der Waals surface area contributed by atoms with Gasteiger partial charge in [-0.3, -0.25) is 4.68 Å². The van der Waals surface area contributed by atoms with Crippen LogP contribution in [0.1, 0.15) is 18.4 Å². The summed E-state index contributed by atoms with van der Waals surface area (Å²) in [6.07, 6.45) is 8.75. The van der Waals surface area contributed by atoms with Crippen LogP contribution in [0.5, 0.6) is 0 Å². The van der Waals surface area contributed by atoms with Crippen LogP contribution in [0.15, 0.2) is 55.1 Å². The van der Waals surface area contributed by atoms with E-state index in [1.165, 1.54) is 5.56 Å². The van der Waals surface area contributed by atoms with Crippen molar-refractivity contribution in [1.29, 1.82) is 0 Å². The first-order chi connectivity index (χ1) is 12.3. The molecular formula is C18H22N6O. The Labute approximate surface area is 146 Å². The highest BCUT2D eigenvalue weighted by molar-refractivity contribution is 5.33. The zero-order valence-corrected chi connectivity index (χ0v) is 13.9. The second-order valence-electron chi connectivity index (χ2n) is 6.63. The van der Waals surface area contributed by atoms with Crippen molar-refractivity contribution in [2.24, 2.45) is 5.92 Å². The van der Waals surface area contributed by atoms with Crippen LogP contribution in [0.4, 0.5) is 0 Å². The largest absolute Gasteiger partial charge is 0.391 e. The van der Waals surface area contributed by atoms with Crippen LogP contribution in [0.2, 0.25) is 0 Å². The van der Waals surface area contributed by atoms with Gasteiger partial charge in [0.25, 0.3) is 0 Å². The number of hydrogen-bond donors (Lipinski definition) is 2. The van der Waals surface area contributed by atoms with Gasteiger partial charge in [0.2, 0.25) is 0 Å². The molecule has 4 rings (SSSR count). The Hall–Kier alpha value is -2.51. The van der Waals surface area contributed by atoms with Crippen molar-refractivity contribution in [2.45, 2.75) is 38.1 Å². The maximum Gasteiger partial charge on any atom is 0.0697 e. The third-order valence-electron chi connectivity index (χ3n) is 4.82. The summed E-state index contributed by atoms with van der Waals surface area (Å²) in [5.74, 6) is 0.460. The molecule has 0 saturated heterocycles. The van der Waals surface area contributed by atoms with Gasteiger partial charge < -0.3 is 10.4 Å². The molecule has 7 heteroatoms. The van der Waals surface area contributed by atoms with E-state index in [9.17, 15) is 5.11 Å². The second kappa shape index (κ2) is 7.16. The van der Waals surface area contributed by atoms with Crippen LogP contribution >= 0.6 is 0 Å². The molecule has 1 unspecified atom stereocenters.